The van der Waals surface area contributed by atoms with Gasteiger partial charge in [-0.3, -0.25) is 4.90 Å². The standard InChI is InChI=1S/C16H26N2/c1-2-18(14-15-8-4-3-5-9-15)13-7-11-16-10-6-12-17-16/h3-5,8-9,16-17H,2,6-7,10-14H2,1H3. The first kappa shape index (κ1) is 13.6. The van der Waals surface area contributed by atoms with Gasteiger partial charge in [0.15, 0.2) is 0 Å². The predicted octanol–water partition coefficient (Wildman–Crippen LogP) is 3.04. The average molecular weight is 246 g/mol. The van der Waals surface area contributed by atoms with Crippen molar-refractivity contribution in [1.82, 2.24) is 10.2 Å². The van der Waals surface area contributed by atoms with E-state index in [9.17, 15) is 0 Å². The van der Waals surface area contributed by atoms with Crippen molar-refractivity contribution in [3.63, 3.8) is 0 Å². The van der Waals surface area contributed by atoms with Gasteiger partial charge in [0.25, 0.3) is 0 Å². The van der Waals surface area contributed by atoms with Crippen molar-refractivity contribution in [3.8, 4) is 0 Å². The van der Waals surface area contributed by atoms with Crippen LogP contribution >= 0.6 is 0 Å². The zero-order chi connectivity index (χ0) is 12.6. The summed E-state index contributed by atoms with van der Waals surface area (Å²) in [5.41, 5.74) is 1.43. The van der Waals surface area contributed by atoms with Crippen LogP contribution in [0.5, 0.6) is 0 Å². The van der Waals surface area contributed by atoms with Crippen LogP contribution in [0.3, 0.4) is 0 Å². The topological polar surface area (TPSA) is 15.3 Å². The monoisotopic (exact) mass is 246 g/mol. The second-order valence-electron chi connectivity index (χ2n) is 5.29. The van der Waals surface area contributed by atoms with Crippen LogP contribution in [-0.2, 0) is 6.54 Å². The Kier molecular flexibility index (Phi) is 5.69. The maximum Gasteiger partial charge on any atom is 0.0233 e. The molecule has 2 heteroatoms. The van der Waals surface area contributed by atoms with Crippen LogP contribution in [0.2, 0.25) is 0 Å². The van der Waals surface area contributed by atoms with Gasteiger partial charge in [0.05, 0.1) is 0 Å². The fourth-order valence-electron chi connectivity index (χ4n) is 2.75. The summed E-state index contributed by atoms with van der Waals surface area (Å²) in [6, 6.07) is 11.6. The van der Waals surface area contributed by atoms with Crippen molar-refractivity contribution < 1.29 is 0 Å². The van der Waals surface area contributed by atoms with Crippen molar-refractivity contribution in [1.29, 1.82) is 0 Å². The van der Waals surface area contributed by atoms with Gasteiger partial charge in [0.2, 0.25) is 0 Å². The molecule has 1 aromatic carbocycles. The lowest BCUT2D eigenvalue weighted by Gasteiger charge is -2.21. The molecule has 1 aliphatic rings. The minimum atomic E-state index is 0.792. The van der Waals surface area contributed by atoms with Gasteiger partial charge in [0, 0.05) is 12.6 Å². The quantitative estimate of drug-likeness (QED) is 0.795. The smallest absolute Gasteiger partial charge is 0.0233 e. The Bertz CT molecular complexity index is 317. The third kappa shape index (κ3) is 4.43. The van der Waals surface area contributed by atoms with Crippen LogP contribution in [0, 0.1) is 0 Å². The van der Waals surface area contributed by atoms with E-state index in [2.05, 4.69) is 47.5 Å². The summed E-state index contributed by atoms with van der Waals surface area (Å²) < 4.78 is 0. The van der Waals surface area contributed by atoms with Crippen LogP contribution in [0.1, 0.15) is 38.2 Å². The Morgan fingerprint density at radius 2 is 2.11 bits per heavy atom. The first-order valence-electron chi connectivity index (χ1n) is 7.38. The Balaban J connectivity index is 1.68. The highest BCUT2D eigenvalue weighted by Crippen LogP contribution is 2.12. The molecule has 1 atom stereocenters. The molecule has 2 rings (SSSR count). The first-order chi connectivity index (χ1) is 8.88. The maximum atomic E-state index is 3.58. The molecule has 1 saturated heterocycles. The third-order valence-corrected chi connectivity index (χ3v) is 3.89. The zero-order valence-corrected chi connectivity index (χ0v) is 11.6. The second-order valence-corrected chi connectivity index (χ2v) is 5.29. The molecular weight excluding hydrogens is 220 g/mol. The lowest BCUT2D eigenvalue weighted by Crippen LogP contribution is -2.27. The minimum Gasteiger partial charge on any atom is -0.314 e. The van der Waals surface area contributed by atoms with Gasteiger partial charge in [-0.2, -0.15) is 0 Å². The van der Waals surface area contributed by atoms with Crippen molar-refractivity contribution in [2.24, 2.45) is 0 Å². The molecule has 1 aliphatic heterocycles. The Morgan fingerprint density at radius 3 is 2.78 bits per heavy atom. The Hall–Kier alpha value is -0.860. The number of rotatable bonds is 7. The van der Waals surface area contributed by atoms with Gasteiger partial charge in [-0.25, -0.2) is 0 Å². The molecule has 0 aliphatic carbocycles. The van der Waals surface area contributed by atoms with Crippen LogP contribution in [0.15, 0.2) is 30.3 Å². The Labute approximate surface area is 111 Å². The molecule has 1 aromatic rings. The minimum absolute atomic E-state index is 0.792. The average Bonchev–Trinajstić information content (AvgIpc) is 2.92. The molecule has 0 aromatic heterocycles. The lowest BCUT2D eigenvalue weighted by molar-refractivity contribution is 0.269. The van der Waals surface area contributed by atoms with E-state index in [0.29, 0.717) is 0 Å². The number of nitrogens with zero attached hydrogens (tertiary/aromatic N) is 1. The van der Waals surface area contributed by atoms with Crippen LogP contribution in [0.25, 0.3) is 0 Å². The highest BCUT2D eigenvalue weighted by molar-refractivity contribution is 5.14. The van der Waals surface area contributed by atoms with Gasteiger partial charge in [-0.15, -0.1) is 0 Å². The molecule has 1 fully saturated rings. The zero-order valence-electron chi connectivity index (χ0n) is 11.6. The highest BCUT2D eigenvalue weighted by Gasteiger charge is 2.13. The largest absolute Gasteiger partial charge is 0.314 e. The lowest BCUT2D eigenvalue weighted by atomic mass is 10.1. The number of benzene rings is 1. The van der Waals surface area contributed by atoms with Gasteiger partial charge >= 0.3 is 0 Å². The predicted molar refractivity (Wildman–Crippen MR) is 77.7 cm³/mol. The molecule has 18 heavy (non-hydrogen) atoms. The second kappa shape index (κ2) is 7.55. The summed E-state index contributed by atoms with van der Waals surface area (Å²) in [4.78, 5) is 2.55. The van der Waals surface area contributed by atoms with Crippen molar-refractivity contribution >= 4 is 0 Å². The molecule has 100 valence electrons. The van der Waals surface area contributed by atoms with Crippen molar-refractivity contribution in [3.05, 3.63) is 35.9 Å². The van der Waals surface area contributed by atoms with E-state index in [1.54, 1.807) is 0 Å². The van der Waals surface area contributed by atoms with E-state index >= 15 is 0 Å². The maximum absolute atomic E-state index is 3.58. The molecule has 0 saturated carbocycles. The number of hydrogen-bond donors (Lipinski definition) is 1. The fourth-order valence-corrected chi connectivity index (χ4v) is 2.75. The third-order valence-electron chi connectivity index (χ3n) is 3.89. The van der Waals surface area contributed by atoms with Crippen LogP contribution in [-0.4, -0.2) is 30.6 Å². The molecule has 0 spiro atoms. The first-order valence-corrected chi connectivity index (χ1v) is 7.38. The van der Waals surface area contributed by atoms with E-state index < -0.39 is 0 Å². The summed E-state index contributed by atoms with van der Waals surface area (Å²) in [6.07, 6.45) is 5.40. The molecule has 0 amide bonds. The summed E-state index contributed by atoms with van der Waals surface area (Å²) in [6.45, 7) is 6.95. The van der Waals surface area contributed by atoms with Crippen molar-refractivity contribution in [2.75, 3.05) is 19.6 Å². The molecule has 0 bridgehead atoms. The number of hydrogen-bond acceptors (Lipinski definition) is 2. The fraction of sp³-hybridized carbons (Fsp3) is 0.625. The molecule has 1 unspecified atom stereocenters. The van der Waals surface area contributed by atoms with Gasteiger partial charge in [-0.1, -0.05) is 37.3 Å². The van der Waals surface area contributed by atoms with Gasteiger partial charge < -0.3 is 5.32 Å². The van der Waals surface area contributed by atoms with E-state index in [1.807, 2.05) is 0 Å². The summed E-state index contributed by atoms with van der Waals surface area (Å²) in [5, 5.41) is 3.58. The Morgan fingerprint density at radius 1 is 1.28 bits per heavy atom. The molecule has 2 nitrogen and oxygen atoms in total. The molecular formula is C16H26N2. The highest BCUT2D eigenvalue weighted by atomic mass is 15.1. The van der Waals surface area contributed by atoms with Crippen molar-refractivity contribution in [2.45, 2.75) is 45.2 Å². The molecule has 1 N–H and O–H groups in total. The van der Waals surface area contributed by atoms with Gasteiger partial charge in [-0.05, 0) is 50.9 Å². The summed E-state index contributed by atoms with van der Waals surface area (Å²) in [7, 11) is 0. The number of nitrogens with one attached hydrogen (secondary N) is 1. The van der Waals surface area contributed by atoms with Gasteiger partial charge in [0.1, 0.15) is 0 Å². The SMILES string of the molecule is CCN(CCCC1CCCN1)Cc1ccccc1. The van der Waals surface area contributed by atoms with Crippen LogP contribution < -0.4 is 5.32 Å². The van der Waals surface area contributed by atoms with E-state index in [4.69, 9.17) is 0 Å². The molecule has 1 heterocycles. The summed E-state index contributed by atoms with van der Waals surface area (Å²) >= 11 is 0. The van der Waals surface area contributed by atoms with Crippen LogP contribution in [0.4, 0.5) is 0 Å². The normalized spacial score (nSPS) is 19.6. The van der Waals surface area contributed by atoms with E-state index in [0.717, 1.165) is 19.1 Å². The van der Waals surface area contributed by atoms with E-state index in [-0.39, 0.29) is 0 Å². The summed E-state index contributed by atoms with van der Waals surface area (Å²) in [5.74, 6) is 0. The van der Waals surface area contributed by atoms with E-state index in [1.165, 1.54) is 44.3 Å². The molecule has 0 radical (unpaired) electrons.